The first kappa shape index (κ1) is 16.3. The van der Waals surface area contributed by atoms with Crippen LogP contribution in [0.1, 0.15) is 21.5 Å². The van der Waals surface area contributed by atoms with E-state index in [2.05, 4.69) is 4.72 Å². The lowest BCUT2D eigenvalue weighted by Gasteiger charge is -2.13. The van der Waals surface area contributed by atoms with Crippen LogP contribution in [0.2, 0.25) is 5.02 Å². The average molecular weight is 340 g/mol. The normalized spacial score (nSPS) is 11.2. The van der Waals surface area contributed by atoms with E-state index in [1.165, 1.54) is 18.2 Å². The summed E-state index contributed by atoms with van der Waals surface area (Å²) < 4.78 is 27.4. The van der Waals surface area contributed by atoms with Crippen LogP contribution in [-0.4, -0.2) is 19.5 Å². The number of benzene rings is 2. The van der Waals surface area contributed by atoms with Gasteiger partial charge in [-0.15, -0.1) is 0 Å². The highest BCUT2D eigenvalue weighted by Gasteiger charge is 2.20. The molecule has 5 nitrogen and oxygen atoms in total. The summed E-state index contributed by atoms with van der Waals surface area (Å²) in [5.41, 5.74) is 1.38. The second-order valence-corrected chi connectivity index (χ2v) is 6.92. The highest BCUT2D eigenvalue weighted by Crippen LogP contribution is 2.24. The fourth-order valence-corrected chi connectivity index (χ4v) is 3.49. The third kappa shape index (κ3) is 3.40. The van der Waals surface area contributed by atoms with Gasteiger partial charge in [-0.25, -0.2) is 13.2 Å². The zero-order valence-corrected chi connectivity index (χ0v) is 13.5. The predicted octanol–water partition coefficient (Wildman–Crippen LogP) is 3.46. The number of anilines is 1. The van der Waals surface area contributed by atoms with Crippen LogP contribution < -0.4 is 4.72 Å². The van der Waals surface area contributed by atoms with E-state index in [1.807, 2.05) is 0 Å². The van der Waals surface area contributed by atoms with Gasteiger partial charge < -0.3 is 5.11 Å². The number of nitrogens with one attached hydrogen (secondary N) is 1. The third-order valence-corrected chi connectivity index (χ3v) is 5.01. The summed E-state index contributed by atoms with van der Waals surface area (Å²) in [7, 11) is -3.89. The Balaban J connectivity index is 2.49. The van der Waals surface area contributed by atoms with Gasteiger partial charge in [0.2, 0.25) is 0 Å². The number of hydrogen-bond acceptors (Lipinski definition) is 3. The van der Waals surface area contributed by atoms with E-state index >= 15 is 0 Å². The van der Waals surface area contributed by atoms with Crippen LogP contribution in [0.3, 0.4) is 0 Å². The summed E-state index contributed by atoms with van der Waals surface area (Å²) in [6.07, 6.45) is 0. The van der Waals surface area contributed by atoms with E-state index in [0.29, 0.717) is 21.8 Å². The summed E-state index contributed by atoms with van der Waals surface area (Å²) in [4.78, 5) is 11.1. The fourth-order valence-electron chi connectivity index (χ4n) is 1.96. The lowest BCUT2D eigenvalue weighted by atomic mass is 10.1. The lowest BCUT2D eigenvalue weighted by molar-refractivity contribution is 0.0696. The molecule has 0 aliphatic carbocycles. The van der Waals surface area contributed by atoms with Gasteiger partial charge in [0.25, 0.3) is 10.0 Å². The molecule has 0 atom stereocenters. The van der Waals surface area contributed by atoms with Crippen molar-refractivity contribution in [2.45, 2.75) is 18.7 Å². The van der Waals surface area contributed by atoms with E-state index in [1.54, 1.807) is 26.0 Å². The lowest BCUT2D eigenvalue weighted by Crippen LogP contribution is -2.16. The zero-order chi connectivity index (χ0) is 16.5. The van der Waals surface area contributed by atoms with E-state index in [4.69, 9.17) is 16.7 Å². The molecule has 116 valence electrons. The first-order chi connectivity index (χ1) is 10.2. The van der Waals surface area contributed by atoms with Crippen molar-refractivity contribution in [2.24, 2.45) is 0 Å². The Morgan fingerprint density at radius 1 is 1.14 bits per heavy atom. The van der Waals surface area contributed by atoms with Gasteiger partial charge in [0.1, 0.15) is 0 Å². The van der Waals surface area contributed by atoms with Crippen LogP contribution in [0.5, 0.6) is 0 Å². The predicted molar refractivity (Wildman–Crippen MR) is 85.1 cm³/mol. The molecule has 0 bridgehead atoms. The molecule has 0 saturated heterocycles. The van der Waals surface area contributed by atoms with Gasteiger partial charge in [-0.1, -0.05) is 11.6 Å². The number of sulfonamides is 1. The molecule has 0 aromatic heterocycles. The molecular weight excluding hydrogens is 326 g/mol. The molecule has 0 unspecified atom stereocenters. The molecular formula is C15H14ClNO4S. The van der Waals surface area contributed by atoms with Gasteiger partial charge in [0.15, 0.2) is 0 Å². The van der Waals surface area contributed by atoms with Crippen LogP contribution in [0.15, 0.2) is 41.3 Å². The molecule has 0 heterocycles. The number of rotatable bonds is 4. The van der Waals surface area contributed by atoms with Crippen molar-refractivity contribution in [2.75, 3.05) is 4.72 Å². The number of aromatic carboxylic acids is 1. The van der Waals surface area contributed by atoms with Crippen molar-refractivity contribution in [3.05, 3.63) is 58.1 Å². The van der Waals surface area contributed by atoms with Gasteiger partial charge in [-0.05, 0) is 61.4 Å². The summed E-state index contributed by atoms with van der Waals surface area (Å²) in [5.74, 6) is -1.17. The fraction of sp³-hybridized carbons (Fsp3) is 0.133. The highest BCUT2D eigenvalue weighted by atomic mass is 35.5. The van der Waals surface area contributed by atoms with Crippen molar-refractivity contribution in [3.8, 4) is 0 Å². The molecule has 0 aliphatic heterocycles. The summed E-state index contributed by atoms with van der Waals surface area (Å²) >= 11 is 5.76. The Bertz CT molecular complexity index is 829. The number of carbonyl (C=O) groups is 1. The minimum absolute atomic E-state index is 0.0557. The quantitative estimate of drug-likeness (QED) is 0.893. The molecule has 7 heteroatoms. The number of carboxylic acids is 1. The number of aryl methyl sites for hydroxylation is 1. The molecule has 0 saturated carbocycles. The highest BCUT2D eigenvalue weighted by molar-refractivity contribution is 7.92. The maximum absolute atomic E-state index is 12.5. The molecule has 2 N–H and O–H groups in total. The smallest absolute Gasteiger partial charge is 0.335 e. The average Bonchev–Trinajstić information content (AvgIpc) is 2.43. The van der Waals surface area contributed by atoms with Crippen LogP contribution in [-0.2, 0) is 10.0 Å². The first-order valence-electron chi connectivity index (χ1n) is 6.33. The van der Waals surface area contributed by atoms with Gasteiger partial charge in [-0.2, -0.15) is 0 Å². The topological polar surface area (TPSA) is 83.5 Å². The Kier molecular flexibility index (Phi) is 4.44. The SMILES string of the molecule is Cc1cc(C(=O)O)cc(S(=O)(=O)Nc2ccc(Cl)cc2)c1C. The third-order valence-electron chi connectivity index (χ3n) is 3.25. The van der Waals surface area contributed by atoms with Crippen molar-refractivity contribution in [3.63, 3.8) is 0 Å². The van der Waals surface area contributed by atoms with Crippen LogP contribution in [0, 0.1) is 13.8 Å². The Hall–Kier alpha value is -2.05. The minimum Gasteiger partial charge on any atom is -0.478 e. The van der Waals surface area contributed by atoms with Crippen molar-refractivity contribution in [1.82, 2.24) is 0 Å². The van der Waals surface area contributed by atoms with Crippen LogP contribution >= 0.6 is 11.6 Å². The molecule has 0 fully saturated rings. The second kappa shape index (κ2) is 5.98. The van der Waals surface area contributed by atoms with Gasteiger partial charge >= 0.3 is 5.97 Å². The Morgan fingerprint density at radius 3 is 2.27 bits per heavy atom. The first-order valence-corrected chi connectivity index (χ1v) is 8.20. The number of hydrogen-bond donors (Lipinski definition) is 2. The van der Waals surface area contributed by atoms with E-state index in [0.717, 1.165) is 6.07 Å². The maximum atomic E-state index is 12.5. The Labute approximate surface area is 133 Å². The van der Waals surface area contributed by atoms with E-state index < -0.39 is 16.0 Å². The zero-order valence-electron chi connectivity index (χ0n) is 11.9. The summed E-state index contributed by atoms with van der Waals surface area (Å²) in [6.45, 7) is 3.31. The monoisotopic (exact) mass is 339 g/mol. The summed E-state index contributed by atoms with van der Waals surface area (Å²) in [6, 6.07) is 8.78. The summed E-state index contributed by atoms with van der Waals surface area (Å²) in [5, 5.41) is 9.57. The second-order valence-electron chi connectivity index (χ2n) is 4.83. The Morgan fingerprint density at radius 2 is 1.73 bits per heavy atom. The van der Waals surface area contributed by atoms with Crippen LogP contribution in [0.25, 0.3) is 0 Å². The van der Waals surface area contributed by atoms with Crippen molar-refractivity contribution >= 4 is 33.3 Å². The maximum Gasteiger partial charge on any atom is 0.335 e. The molecule has 0 spiro atoms. The largest absolute Gasteiger partial charge is 0.478 e. The molecule has 2 rings (SSSR count). The van der Waals surface area contributed by atoms with Crippen molar-refractivity contribution in [1.29, 1.82) is 0 Å². The van der Waals surface area contributed by atoms with Gasteiger partial charge in [0, 0.05) is 10.7 Å². The standard InChI is InChI=1S/C15H14ClNO4S/c1-9-7-11(15(18)19)8-14(10(9)2)22(20,21)17-13-5-3-12(16)4-6-13/h3-8,17H,1-2H3,(H,18,19). The number of halogens is 1. The minimum atomic E-state index is -3.89. The molecule has 2 aromatic rings. The molecule has 22 heavy (non-hydrogen) atoms. The van der Waals surface area contributed by atoms with Crippen LogP contribution in [0.4, 0.5) is 5.69 Å². The van der Waals surface area contributed by atoms with Gasteiger partial charge in [-0.3, -0.25) is 4.72 Å². The van der Waals surface area contributed by atoms with E-state index in [9.17, 15) is 13.2 Å². The molecule has 0 amide bonds. The van der Waals surface area contributed by atoms with Crippen molar-refractivity contribution < 1.29 is 18.3 Å². The van der Waals surface area contributed by atoms with E-state index in [-0.39, 0.29) is 10.5 Å². The molecule has 0 radical (unpaired) electrons. The number of carboxylic acid groups (broad SMARTS) is 1. The van der Waals surface area contributed by atoms with Gasteiger partial charge in [0.05, 0.1) is 10.5 Å². The molecule has 2 aromatic carbocycles. The molecule has 0 aliphatic rings.